The number of aryl methyl sites for hydroxylation is 1. The van der Waals surface area contributed by atoms with Gasteiger partial charge in [-0.2, -0.15) is 0 Å². The van der Waals surface area contributed by atoms with Crippen LogP contribution in [-0.4, -0.2) is 22.9 Å². The summed E-state index contributed by atoms with van der Waals surface area (Å²) >= 11 is 0. The van der Waals surface area contributed by atoms with Gasteiger partial charge >= 0.3 is 5.97 Å². The second-order valence-corrected chi connectivity index (χ2v) is 4.74. The van der Waals surface area contributed by atoms with E-state index in [1.807, 2.05) is 0 Å². The van der Waals surface area contributed by atoms with Crippen LogP contribution in [0.25, 0.3) is 0 Å². The Morgan fingerprint density at radius 1 is 0.958 bits per heavy atom. The van der Waals surface area contributed by atoms with Crippen LogP contribution in [0.2, 0.25) is 0 Å². The zero-order chi connectivity index (χ0) is 17.9. The quantitative estimate of drug-likeness (QED) is 0.467. The van der Waals surface area contributed by atoms with Crippen molar-refractivity contribution in [3.05, 3.63) is 67.8 Å². The summed E-state index contributed by atoms with van der Waals surface area (Å²) in [5, 5.41) is 21.7. The van der Waals surface area contributed by atoms with E-state index < -0.39 is 21.5 Å². The minimum atomic E-state index is -0.868. The third-order valence-electron chi connectivity index (χ3n) is 3.17. The van der Waals surface area contributed by atoms with Crippen LogP contribution in [0, 0.1) is 27.2 Å². The minimum absolute atomic E-state index is 0.0544. The number of nitro benzene ring substituents is 2. The maximum absolute atomic E-state index is 11.7. The number of esters is 1. The minimum Gasteiger partial charge on any atom is -0.465 e. The van der Waals surface area contributed by atoms with Gasteiger partial charge in [0.2, 0.25) is 0 Å². The second kappa shape index (κ2) is 6.73. The van der Waals surface area contributed by atoms with E-state index in [1.54, 1.807) is 6.92 Å². The predicted molar refractivity (Wildman–Crippen MR) is 82.3 cm³/mol. The molecule has 24 heavy (non-hydrogen) atoms. The summed E-state index contributed by atoms with van der Waals surface area (Å²) in [5.41, 5.74) is -0.318. The Hall–Kier alpha value is -3.49. The Labute approximate surface area is 135 Å². The third kappa shape index (κ3) is 3.46. The molecule has 2 aromatic carbocycles. The van der Waals surface area contributed by atoms with E-state index in [2.05, 4.69) is 4.74 Å². The van der Waals surface area contributed by atoms with Gasteiger partial charge in [-0.1, -0.05) is 0 Å². The fraction of sp³-hybridized carbons (Fsp3) is 0.133. The monoisotopic (exact) mass is 332 g/mol. The Morgan fingerprint density at radius 3 is 2.00 bits per heavy atom. The van der Waals surface area contributed by atoms with Crippen LogP contribution in [0.15, 0.2) is 36.4 Å². The topological polar surface area (TPSA) is 122 Å². The van der Waals surface area contributed by atoms with Crippen LogP contribution in [0.1, 0.15) is 15.9 Å². The maximum atomic E-state index is 11.7. The van der Waals surface area contributed by atoms with Gasteiger partial charge in [0.15, 0.2) is 0 Å². The van der Waals surface area contributed by atoms with Gasteiger partial charge in [-0.05, 0) is 25.1 Å². The number of carbonyl (C=O) groups excluding carboxylic acids is 1. The second-order valence-electron chi connectivity index (χ2n) is 4.74. The van der Waals surface area contributed by atoms with Crippen molar-refractivity contribution in [1.82, 2.24) is 0 Å². The molecule has 0 saturated heterocycles. The lowest BCUT2D eigenvalue weighted by atomic mass is 10.1. The van der Waals surface area contributed by atoms with E-state index in [1.165, 1.54) is 30.3 Å². The Balaban J connectivity index is 2.37. The number of nitrogens with zero attached hydrogens (tertiary/aromatic N) is 2. The molecule has 0 N–H and O–H groups in total. The Kier molecular flexibility index (Phi) is 4.73. The average Bonchev–Trinajstić information content (AvgIpc) is 2.53. The Bertz CT molecular complexity index is 833. The van der Waals surface area contributed by atoms with Crippen LogP contribution < -0.4 is 4.74 Å². The number of carbonyl (C=O) groups is 1. The van der Waals surface area contributed by atoms with Crippen molar-refractivity contribution in [3.8, 4) is 11.5 Å². The normalized spacial score (nSPS) is 10.1. The molecule has 0 aliphatic heterocycles. The fourth-order valence-corrected chi connectivity index (χ4v) is 2.04. The van der Waals surface area contributed by atoms with Gasteiger partial charge in [-0.3, -0.25) is 20.2 Å². The number of methoxy groups -OCH3 is 1. The van der Waals surface area contributed by atoms with Gasteiger partial charge < -0.3 is 9.47 Å². The number of benzene rings is 2. The smallest absolute Gasteiger partial charge is 0.345 e. The van der Waals surface area contributed by atoms with E-state index in [4.69, 9.17) is 4.74 Å². The molecule has 9 nitrogen and oxygen atoms in total. The van der Waals surface area contributed by atoms with Crippen molar-refractivity contribution in [2.24, 2.45) is 0 Å². The van der Waals surface area contributed by atoms with Crippen LogP contribution in [0.4, 0.5) is 11.4 Å². The molecule has 0 aromatic heterocycles. The molecule has 9 heteroatoms. The number of hydrogen-bond donors (Lipinski definition) is 0. The van der Waals surface area contributed by atoms with E-state index >= 15 is 0 Å². The van der Waals surface area contributed by atoms with Crippen LogP contribution in [0.3, 0.4) is 0 Å². The predicted octanol–water partition coefficient (Wildman–Crippen LogP) is 3.39. The molecule has 0 atom stereocenters. The lowest BCUT2D eigenvalue weighted by Crippen LogP contribution is -2.05. The molecule has 0 fully saturated rings. The molecule has 2 rings (SSSR count). The first kappa shape index (κ1) is 16.9. The summed E-state index contributed by atoms with van der Waals surface area (Å²) < 4.78 is 10.0. The molecular formula is C15H12N2O7. The highest BCUT2D eigenvalue weighted by Crippen LogP contribution is 2.30. The van der Waals surface area contributed by atoms with E-state index in [9.17, 15) is 25.0 Å². The number of hydrogen-bond acceptors (Lipinski definition) is 7. The highest BCUT2D eigenvalue weighted by molar-refractivity contribution is 5.94. The van der Waals surface area contributed by atoms with Crippen LogP contribution in [-0.2, 0) is 4.74 Å². The SMILES string of the molecule is COC(=O)c1cc(Oc2ccc([N+](=O)[O-])c(C)c2)ccc1[N+](=O)[O-]. The van der Waals surface area contributed by atoms with Gasteiger partial charge in [-0.25, -0.2) is 4.79 Å². The van der Waals surface area contributed by atoms with Crippen molar-refractivity contribution in [3.63, 3.8) is 0 Å². The number of nitro groups is 2. The van der Waals surface area contributed by atoms with Crippen molar-refractivity contribution < 1.29 is 24.1 Å². The largest absolute Gasteiger partial charge is 0.465 e. The van der Waals surface area contributed by atoms with E-state index in [0.29, 0.717) is 11.3 Å². The average molecular weight is 332 g/mol. The van der Waals surface area contributed by atoms with Crippen molar-refractivity contribution in [2.45, 2.75) is 6.92 Å². The van der Waals surface area contributed by atoms with Gasteiger partial charge in [-0.15, -0.1) is 0 Å². The van der Waals surface area contributed by atoms with Gasteiger partial charge in [0, 0.05) is 23.8 Å². The van der Waals surface area contributed by atoms with Crippen LogP contribution in [0.5, 0.6) is 11.5 Å². The third-order valence-corrected chi connectivity index (χ3v) is 3.17. The summed E-state index contributed by atoms with van der Waals surface area (Å²) in [5.74, 6) is -0.413. The number of ether oxygens (including phenoxy) is 2. The zero-order valence-corrected chi connectivity index (χ0v) is 12.7. The summed E-state index contributed by atoms with van der Waals surface area (Å²) in [4.78, 5) is 32.2. The van der Waals surface area contributed by atoms with E-state index in [-0.39, 0.29) is 17.0 Å². The first-order chi connectivity index (χ1) is 11.3. The molecule has 0 amide bonds. The van der Waals surface area contributed by atoms with E-state index in [0.717, 1.165) is 13.2 Å². The highest BCUT2D eigenvalue weighted by Gasteiger charge is 2.22. The summed E-state index contributed by atoms with van der Waals surface area (Å²) in [6.07, 6.45) is 0. The highest BCUT2D eigenvalue weighted by atomic mass is 16.6. The molecule has 0 saturated carbocycles. The molecule has 2 aromatic rings. The summed E-state index contributed by atoms with van der Waals surface area (Å²) in [6.45, 7) is 1.56. The molecule has 0 radical (unpaired) electrons. The molecule has 0 bridgehead atoms. The first-order valence-electron chi connectivity index (χ1n) is 6.63. The zero-order valence-electron chi connectivity index (χ0n) is 12.7. The summed E-state index contributed by atoms with van der Waals surface area (Å²) in [7, 11) is 1.11. The standard InChI is InChI=1S/C15H12N2O7/c1-9-7-10(3-5-13(9)16(19)20)24-11-4-6-14(17(21)22)12(8-11)15(18)23-2/h3-8H,1-2H3. The molecule has 0 aliphatic rings. The molecule has 0 aliphatic carbocycles. The molecule has 0 heterocycles. The molecular weight excluding hydrogens is 320 g/mol. The molecule has 124 valence electrons. The summed E-state index contributed by atoms with van der Waals surface area (Å²) in [6, 6.07) is 7.76. The Morgan fingerprint density at radius 2 is 1.50 bits per heavy atom. The molecule has 0 unspecified atom stereocenters. The van der Waals surface area contributed by atoms with Crippen molar-refractivity contribution in [2.75, 3.05) is 7.11 Å². The first-order valence-corrected chi connectivity index (χ1v) is 6.63. The fourth-order valence-electron chi connectivity index (χ4n) is 2.04. The van der Waals surface area contributed by atoms with Gasteiger partial charge in [0.25, 0.3) is 11.4 Å². The maximum Gasteiger partial charge on any atom is 0.345 e. The van der Waals surface area contributed by atoms with Crippen molar-refractivity contribution >= 4 is 17.3 Å². The lowest BCUT2D eigenvalue weighted by molar-refractivity contribution is -0.385. The number of rotatable bonds is 5. The lowest BCUT2D eigenvalue weighted by Gasteiger charge is -2.08. The van der Waals surface area contributed by atoms with Crippen molar-refractivity contribution in [1.29, 1.82) is 0 Å². The molecule has 0 spiro atoms. The van der Waals surface area contributed by atoms with Crippen LogP contribution >= 0.6 is 0 Å². The van der Waals surface area contributed by atoms with Gasteiger partial charge in [0.1, 0.15) is 17.1 Å². The van der Waals surface area contributed by atoms with Gasteiger partial charge in [0.05, 0.1) is 17.0 Å².